The molecule has 1 aromatic carbocycles. The highest BCUT2D eigenvalue weighted by Gasteiger charge is 2.41. The fourth-order valence-electron chi connectivity index (χ4n) is 5.43. The van der Waals surface area contributed by atoms with E-state index in [1.807, 2.05) is 42.2 Å². The van der Waals surface area contributed by atoms with Crippen molar-refractivity contribution in [2.75, 3.05) is 6.54 Å². The number of carbonyl (C=O) groups excluding carboxylic acids is 1. The minimum Gasteiger partial charge on any atom is -0.343 e. The van der Waals surface area contributed by atoms with Gasteiger partial charge >= 0.3 is 0 Å². The van der Waals surface area contributed by atoms with Gasteiger partial charge < -0.3 is 9.47 Å². The van der Waals surface area contributed by atoms with Crippen LogP contribution in [0.1, 0.15) is 52.1 Å². The number of pyridine rings is 2. The number of aryl methyl sites for hydroxylation is 2. The molecule has 0 spiro atoms. The number of hydrogen-bond acceptors (Lipinski definition) is 3. The van der Waals surface area contributed by atoms with Crippen LogP contribution in [-0.2, 0) is 19.4 Å². The van der Waals surface area contributed by atoms with Crippen molar-refractivity contribution in [3.05, 3.63) is 99.2 Å². The third-order valence-electron chi connectivity index (χ3n) is 7.09. The monoisotopic (exact) mass is 427 g/mol. The summed E-state index contributed by atoms with van der Waals surface area (Å²) in [6, 6.07) is 16.2. The molecule has 5 heteroatoms. The van der Waals surface area contributed by atoms with Gasteiger partial charge in [-0.25, -0.2) is 0 Å². The van der Waals surface area contributed by atoms with Gasteiger partial charge in [-0.1, -0.05) is 30.3 Å². The fourth-order valence-corrected chi connectivity index (χ4v) is 5.43. The lowest BCUT2D eigenvalue weighted by Gasteiger charge is -2.29. The van der Waals surface area contributed by atoms with E-state index in [2.05, 4.69) is 21.7 Å². The molecule has 0 N–H and O–H groups in total. The Morgan fingerprint density at radius 2 is 1.81 bits per heavy atom. The molecule has 2 bridgehead atoms. The molecule has 1 saturated heterocycles. The molecular weight excluding hydrogens is 398 g/mol. The zero-order chi connectivity index (χ0) is 22.1. The van der Waals surface area contributed by atoms with Gasteiger partial charge in [0.25, 0.3) is 5.91 Å². The number of benzene rings is 1. The molecule has 3 heterocycles. The zero-order valence-corrected chi connectivity index (χ0v) is 18.5. The average molecular weight is 428 g/mol. The number of fused-ring (bicyclic) bond motifs is 2. The quantitative estimate of drug-likeness (QED) is 0.597. The summed E-state index contributed by atoms with van der Waals surface area (Å²) in [5, 5.41) is 0. The first-order valence-electron chi connectivity index (χ1n) is 11.6. The van der Waals surface area contributed by atoms with Gasteiger partial charge in [0.1, 0.15) is 5.56 Å². The van der Waals surface area contributed by atoms with Crippen molar-refractivity contribution in [1.82, 2.24) is 14.5 Å². The van der Waals surface area contributed by atoms with E-state index in [-0.39, 0.29) is 11.3 Å². The molecule has 5 rings (SSSR count). The summed E-state index contributed by atoms with van der Waals surface area (Å²) in [6.45, 7) is 3.37. The predicted molar refractivity (Wildman–Crippen MR) is 125 cm³/mol. The van der Waals surface area contributed by atoms with E-state index in [1.54, 1.807) is 18.5 Å². The molecule has 0 unspecified atom stereocenters. The maximum Gasteiger partial charge on any atom is 0.259 e. The lowest BCUT2D eigenvalue weighted by Crippen LogP contribution is -2.41. The van der Waals surface area contributed by atoms with E-state index in [9.17, 15) is 9.59 Å². The van der Waals surface area contributed by atoms with Crippen LogP contribution in [0.25, 0.3) is 0 Å². The number of amides is 1. The van der Waals surface area contributed by atoms with Crippen LogP contribution in [0.15, 0.2) is 65.7 Å². The first-order valence-corrected chi connectivity index (χ1v) is 11.6. The molecule has 2 aromatic heterocycles. The molecule has 2 aliphatic rings. The highest BCUT2D eigenvalue weighted by molar-refractivity contribution is 5.95. The van der Waals surface area contributed by atoms with Gasteiger partial charge in [-0.05, 0) is 68.2 Å². The zero-order valence-electron chi connectivity index (χ0n) is 18.5. The second kappa shape index (κ2) is 8.73. The Morgan fingerprint density at radius 3 is 2.50 bits per heavy atom. The third kappa shape index (κ3) is 3.99. The van der Waals surface area contributed by atoms with Gasteiger partial charge in [-0.15, -0.1) is 0 Å². The Morgan fingerprint density at radius 1 is 1.03 bits per heavy atom. The van der Waals surface area contributed by atoms with E-state index in [0.717, 1.165) is 42.8 Å². The van der Waals surface area contributed by atoms with Gasteiger partial charge in [0, 0.05) is 49.0 Å². The first kappa shape index (κ1) is 20.7. The number of rotatable bonds is 6. The van der Waals surface area contributed by atoms with Gasteiger partial charge in [-0.2, -0.15) is 0 Å². The molecule has 1 saturated carbocycles. The Kier molecular flexibility index (Phi) is 5.64. The smallest absolute Gasteiger partial charge is 0.259 e. The molecule has 5 nitrogen and oxygen atoms in total. The number of likely N-dealkylation sites (tertiary alicyclic amines) is 1. The van der Waals surface area contributed by atoms with Crippen molar-refractivity contribution in [2.45, 2.75) is 51.6 Å². The Bertz CT molecular complexity index is 1170. The molecule has 32 heavy (non-hydrogen) atoms. The van der Waals surface area contributed by atoms with Gasteiger partial charge in [0.2, 0.25) is 0 Å². The summed E-state index contributed by atoms with van der Waals surface area (Å²) in [4.78, 5) is 33.0. The van der Waals surface area contributed by atoms with E-state index in [1.165, 1.54) is 12.0 Å². The van der Waals surface area contributed by atoms with Crippen molar-refractivity contribution in [3.63, 3.8) is 0 Å². The molecule has 1 amide bonds. The molecule has 164 valence electrons. The highest BCUT2D eigenvalue weighted by atomic mass is 16.2. The molecule has 1 aliphatic carbocycles. The van der Waals surface area contributed by atoms with Gasteiger partial charge in [0.15, 0.2) is 5.43 Å². The third-order valence-corrected chi connectivity index (χ3v) is 7.09. The number of hydrogen-bond donors (Lipinski definition) is 0. The summed E-state index contributed by atoms with van der Waals surface area (Å²) in [5.74, 6) is 0.523. The average Bonchev–Trinajstić information content (AvgIpc) is 3.45. The summed E-state index contributed by atoms with van der Waals surface area (Å²) < 4.78 is 2.15. The van der Waals surface area contributed by atoms with Crippen LogP contribution in [0.2, 0.25) is 0 Å². The molecule has 2 fully saturated rings. The second-order valence-corrected chi connectivity index (χ2v) is 9.19. The van der Waals surface area contributed by atoms with Crippen LogP contribution in [0.5, 0.6) is 0 Å². The van der Waals surface area contributed by atoms with Crippen molar-refractivity contribution in [3.8, 4) is 0 Å². The van der Waals surface area contributed by atoms with Crippen LogP contribution in [0, 0.1) is 12.8 Å². The summed E-state index contributed by atoms with van der Waals surface area (Å²) in [7, 11) is 0. The van der Waals surface area contributed by atoms with E-state index in [4.69, 9.17) is 0 Å². The SMILES string of the molecule is Cc1cc(=O)c(C(=O)N2C[C@H]3CC[C@H]2C3)c(CCc2ccccc2)n1Cc1ccncc1. The lowest BCUT2D eigenvalue weighted by molar-refractivity contribution is 0.0700. The van der Waals surface area contributed by atoms with Crippen LogP contribution in [0.4, 0.5) is 0 Å². The summed E-state index contributed by atoms with van der Waals surface area (Å²) >= 11 is 0. The van der Waals surface area contributed by atoms with E-state index in [0.29, 0.717) is 30.5 Å². The Hall–Kier alpha value is -3.21. The van der Waals surface area contributed by atoms with Crippen molar-refractivity contribution in [1.29, 1.82) is 0 Å². The summed E-state index contributed by atoms with van der Waals surface area (Å²) in [6.07, 6.45) is 8.35. The second-order valence-electron chi connectivity index (χ2n) is 9.19. The Labute approximate surface area is 188 Å². The van der Waals surface area contributed by atoms with Crippen LogP contribution < -0.4 is 5.43 Å². The fraction of sp³-hybridized carbons (Fsp3) is 0.370. The van der Waals surface area contributed by atoms with Crippen molar-refractivity contribution >= 4 is 5.91 Å². The highest BCUT2D eigenvalue weighted by Crippen LogP contribution is 2.38. The van der Waals surface area contributed by atoms with Crippen molar-refractivity contribution < 1.29 is 4.79 Å². The van der Waals surface area contributed by atoms with Gasteiger partial charge in [-0.3, -0.25) is 14.6 Å². The maximum absolute atomic E-state index is 13.7. The maximum atomic E-state index is 13.7. The number of aromatic nitrogens is 2. The number of carbonyl (C=O) groups is 1. The molecule has 3 aromatic rings. The summed E-state index contributed by atoms with van der Waals surface area (Å²) in [5.41, 5.74) is 4.26. The largest absolute Gasteiger partial charge is 0.343 e. The minimum absolute atomic E-state index is 0.0752. The molecule has 2 atom stereocenters. The number of piperidine rings is 1. The molecular formula is C27H29N3O2. The number of nitrogens with zero attached hydrogens (tertiary/aromatic N) is 3. The first-order chi connectivity index (χ1) is 15.6. The topological polar surface area (TPSA) is 55.2 Å². The van der Waals surface area contributed by atoms with E-state index >= 15 is 0 Å². The van der Waals surface area contributed by atoms with E-state index < -0.39 is 0 Å². The normalized spacial score (nSPS) is 19.5. The minimum atomic E-state index is -0.149. The van der Waals surface area contributed by atoms with Gasteiger partial charge in [0.05, 0.1) is 0 Å². The van der Waals surface area contributed by atoms with Crippen molar-refractivity contribution in [2.24, 2.45) is 5.92 Å². The Balaban J connectivity index is 1.56. The standard InChI is InChI=1S/C27H29N3O2/c1-19-15-25(31)26(27(32)30-18-22-7-9-23(30)16-22)24(10-8-20-5-3-2-4-6-20)29(19)17-21-11-13-28-14-12-21/h2-6,11-15,22-23H,7-10,16-18H2,1H3/t22-,23-/m0/s1. The van der Waals surface area contributed by atoms with Crippen LogP contribution in [-0.4, -0.2) is 32.9 Å². The van der Waals surface area contributed by atoms with Crippen LogP contribution in [0.3, 0.4) is 0 Å². The predicted octanol–water partition coefficient (Wildman–Crippen LogP) is 4.01. The molecule has 1 aliphatic heterocycles. The molecule has 0 radical (unpaired) electrons. The van der Waals surface area contributed by atoms with Crippen LogP contribution >= 0.6 is 0 Å². The lowest BCUT2D eigenvalue weighted by atomic mass is 10.0.